The molecule has 7 amide bonds. The van der Waals surface area contributed by atoms with Gasteiger partial charge in [-0.05, 0) is 38.8 Å². The van der Waals surface area contributed by atoms with Crippen LogP contribution in [0, 0.1) is 0 Å². The standard InChI is InChI=1S/C7H6BrNO4.C4H2BrNO2.C4H3NO2/c1-2-13-7(12)9-5(10)3-4(8)6(9)11;5-2-1-3(7)6-4(2)8;6-3-1-2-4(7)5-3/h3H,2H2,1H3;1H,(H,6,7,8);1-2H,(H,5,6,7). The van der Waals surface area contributed by atoms with E-state index in [2.05, 4.69) is 36.6 Å². The van der Waals surface area contributed by atoms with Crippen molar-refractivity contribution < 1.29 is 38.3 Å². The normalized spacial score (nSPS) is 17.2. The monoisotopic (exact) mass is 519 g/mol. The molecule has 13 heteroatoms. The van der Waals surface area contributed by atoms with Crippen LogP contribution in [0.5, 0.6) is 0 Å². The first-order valence-electron chi connectivity index (χ1n) is 7.24. The van der Waals surface area contributed by atoms with Crippen molar-refractivity contribution in [1.29, 1.82) is 0 Å². The van der Waals surface area contributed by atoms with E-state index in [1.54, 1.807) is 6.92 Å². The van der Waals surface area contributed by atoms with Gasteiger partial charge in [-0.15, -0.1) is 0 Å². The van der Waals surface area contributed by atoms with E-state index in [1.807, 2.05) is 10.6 Å². The lowest BCUT2D eigenvalue weighted by Gasteiger charge is -2.10. The van der Waals surface area contributed by atoms with Crippen LogP contribution in [-0.2, 0) is 33.5 Å². The molecule has 0 aromatic heterocycles. The Hall–Kier alpha value is -2.93. The van der Waals surface area contributed by atoms with Gasteiger partial charge in [-0.3, -0.25) is 39.4 Å². The number of hydrogen-bond donors (Lipinski definition) is 2. The van der Waals surface area contributed by atoms with Gasteiger partial charge in [-0.2, -0.15) is 4.90 Å². The highest BCUT2D eigenvalue weighted by Gasteiger charge is 2.36. The largest absolute Gasteiger partial charge is 0.449 e. The summed E-state index contributed by atoms with van der Waals surface area (Å²) >= 11 is 5.72. The smallest absolute Gasteiger partial charge is 0.424 e. The summed E-state index contributed by atoms with van der Waals surface area (Å²) in [5.74, 6) is -2.76. The van der Waals surface area contributed by atoms with E-state index in [0.29, 0.717) is 9.38 Å². The highest BCUT2D eigenvalue weighted by atomic mass is 79.9. The van der Waals surface area contributed by atoms with Gasteiger partial charge in [0.15, 0.2) is 0 Å². The van der Waals surface area contributed by atoms with E-state index in [1.165, 1.54) is 18.2 Å². The van der Waals surface area contributed by atoms with E-state index < -0.39 is 17.9 Å². The van der Waals surface area contributed by atoms with E-state index >= 15 is 0 Å². The van der Waals surface area contributed by atoms with Crippen molar-refractivity contribution in [3.05, 3.63) is 33.3 Å². The van der Waals surface area contributed by atoms with Crippen molar-refractivity contribution in [2.24, 2.45) is 0 Å². The summed E-state index contributed by atoms with van der Waals surface area (Å²) in [5.41, 5.74) is 0. The van der Waals surface area contributed by atoms with Crippen molar-refractivity contribution in [3.63, 3.8) is 0 Å². The van der Waals surface area contributed by atoms with Gasteiger partial charge >= 0.3 is 6.09 Å². The Kier molecular flexibility index (Phi) is 8.60. The van der Waals surface area contributed by atoms with Crippen LogP contribution in [-0.4, -0.2) is 53.0 Å². The van der Waals surface area contributed by atoms with Crippen molar-refractivity contribution in [3.8, 4) is 0 Å². The maximum absolute atomic E-state index is 11.1. The van der Waals surface area contributed by atoms with E-state index in [-0.39, 0.29) is 34.7 Å². The average Bonchev–Trinajstić information content (AvgIpc) is 3.19. The molecule has 0 saturated heterocycles. The second-order valence-electron chi connectivity index (χ2n) is 4.67. The number of rotatable bonds is 1. The molecule has 0 radical (unpaired) electrons. The molecule has 0 bridgehead atoms. The summed E-state index contributed by atoms with van der Waals surface area (Å²) < 4.78 is 4.86. The number of amides is 7. The Bertz CT molecular complexity index is 843. The number of carbonyl (C=O) groups is 7. The zero-order valence-electron chi connectivity index (χ0n) is 14.0. The highest BCUT2D eigenvalue weighted by Crippen LogP contribution is 2.18. The topological polar surface area (TPSA) is 156 Å². The lowest BCUT2D eigenvalue weighted by atomic mass is 10.6. The van der Waals surface area contributed by atoms with Gasteiger partial charge < -0.3 is 4.74 Å². The predicted octanol–water partition coefficient (Wildman–Crippen LogP) is -0.0889. The number of halogens is 2. The predicted molar refractivity (Wildman–Crippen MR) is 98.3 cm³/mol. The molecule has 0 unspecified atom stereocenters. The lowest BCUT2D eigenvalue weighted by molar-refractivity contribution is -0.135. The quantitative estimate of drug-likeness (QED) is 0.454. The molecule has 148 valence electrons. The van der Waals surface area contributed by atoms with Gasteiger partial charge in [0.25, 0.3) is 35.4 Å². The van der Waals surface area contributed by atoms with Gasteiger partial charge in [0.1, 0.15) is 0 Å². The van der Waals surface area contributed by atoms with Crippen molar-refractivity contribution in [1.82, 2.24) is 15.5 Å². The molecule has 0 fully saturated rings. The minimum atomic E-state index is -0.941. The number of carbonyl (C=O) groups excluding carboxylic acids is 7. The number of ether oxygens (including phenoxy) is 1. The third-order valence-corrected chi connectivity index (χ3v) is 3.83. The van der Waals surface area contributed by atoms with Crippen molar-refractivity contribution in [2.75, 3.05) is 6.61 Å². The molecule has 3 heterocycles. The first-order valence-corrected chi connectivity index (χ1v) is 8.83. The van der Waals surface area contributed by atoms with E-state index in [9.17, 15) is 33.6 Å². The minimum Gasteiger partial charge on any atom is -0.449 e. The Morgan fingerprint density at radius 2 is 1.50 bits per heavy atom. The van der Waals surface area contributed by atoms with Crippen LogP contribution in [0.4, 0.5) is 4.79 Å². The summed E-state index contributed by atoms with van der Waals surface area (Å²) in [6, 6.07) is 0. The maximum Gasteiger partial charge on any atom is 0.424 e. The average molecular weight is 521 g/mol. The van der Waals surface area contributed by atoms with Gasteiger partial charge in [-0.1, -0.05) is 0 Å². The van der Waals surface area contributed by atoms with Crippen LogP contribution in [0.1, 0.15) is 6.92 Å². The summed E-state index contributed by atoms with van der Waals surface area (Å²) in [6.45, 7) is 1.71. The summed E-state index contributed by atoms with van der Waals surface area (Å²) in [7, 11) is 0. The van der Waals surface area contributed by atoms with Crippen LogP contribution >= 0.6 is 31.9 Å². The molecule has 3 aliphatic heterocycles. The molecule has 0 aromatic rings. The fourth-order valence-electron chi connectivity index (χ4n) is 1.55. The molecule has 2 N–H and O–H groups in total. The number of nitrogens with one attached hydrogen (secondary N) is 2. The zero-order valence-corrected chi connectivity index (χ0v) is 17.2. The van der Waals surface area contributed by atoms with E-state index in [0.717, 1.165) is 6.08 Å². The Labute approximate surface area is 174 Å². The molecular weight excluding hydrogens is 510 g/mol. The van der Waals surface area contributed by atoms with Crippen LogP contribution in [0.25, 0.3) is 0 Å². The molecular formula is C15H11Br2N3O8. The molecule has 28 heavy (non-hydrogen) atoms. The van der Waals surface area contributed by atoms with Gasteiger partial charge in [0.2, 0.25) is 0 Å². The van der Waals surface area contributed by atoms with Gasteiger partial charge in [0.05, 0.1) is 15.6 Å². The molecule has 0 aromatic carbocycles. The number of nitrogens with zero attached hydrogens (tertiary/aromatic N) is 1. The van der Waals surface area contributed by atoms with Crippen molar-refractivity contribution in [2.45, 2.75) is 6.92 Å². The third kappa shape index (κ3) is 6.66. The zero-order chi connectivity index (χ0) is 21.4. The molecule has 3 rings (SSSR count). The Morgan fingerprint density at radius 3 is 1.75 bits per heavy atom. The molecule has 0 spiro atoms. The number of imide groups is 5. The fourth-order valence-corrected chi connectivity index (χ4v) is 2.23. The van der Waals surface area contributed by atoms with Crippen LogP contribution in [0.3, 0.4) is 0 Å². The minimum absolute atomic E-state index is 0.0607. The van der Waals surface area contributed by atoms with Gasteiger partial charge in [0, 0.05) is 24.3 Å². The summed E-state index contributed by atoms with van der Waals surface area (Å²) in [6.07, 6.45) is 3.68. The third-order valence-electron chi connectivity index (χ3n) is 2.67. The molecule has 0 saturated carbocycles. The molecule has 0 aliphatic carbocycles. The SMILES string of the molecule is CCOC(=O)N1C(=O)C=C(Br)C1=O.O=C1C=C(Br)C(=O)N1.O=C1C=CC(=O)N1. The Balaban J connectivity index is 0.000000224. The first-order chi connectivity index (χ1) is 13.1. The molecule has 11 nitrogen and oxygen atoms in total. The molecule has 0 atom stereocenters. The Morgan fingerprint density at radius 1 is 0.929 bits per heavy atom. The second kappa shape index (κ2) is 10.4. The first kappa shape index (κ1) is 23.1. The highest BCUT2D eigenvalue weighted by molar-refractivity contribution is 9.12. The van der Waals surface area contributed by atoms with Crippen LogP contribution in [0.15, 0.2) is 33.3 Å². The summed E-state index contributed by atoms with van der Waals surface area (Å²) in [4.78, 5) is 74.2. The molecule has 3 aliphatic rings. The number of hydrogen-bond acceptors (Lipinski definition) is 8. The second-order valence-corrected chi connectivity index (χ2v) is 6.38. The fraction of sp³-hybridized carbons (Fsp3) is 0.133. The maximum atomic E-state index is 11.1. The lowest BCUT2D eigenvalue weighted by Crippen LogP contribution is -2.37. The van der Waals surface area contributed by atoms with Gasteiger partial charge in [-0.25, -0.2) is 4.79 Å². The van der Waals surface area contributed by atoms with Crippen LogP contribution in [0.2, 0.25) is 0 Å². The van der Waals surface area contributed by atoms with Crippen LogP contribution < -0.4 is 10.6 Å². The summed E-state index contributed by atoms with van der Waals surface area (Å²) in [5, 5.41) is 4.08. The van der Waals surface area contributed by atoms with Crippen molar-refractivity contribution >= 4 is 73.4 Å². The van der Waals surface area contributed by atoms with E-state index in [4.69, 9.17) is 0 Å².